The number of amides is 1. The number of hydrogen-bond donors (Lipinski definition) is 3. The molecule has 13 heteroatoms. The van der Waals surface area contributed by atoms with Crippen molar-refractivity contribution < 1.29 is 38.3 Å². The maximum atomic E-state index is 14.0. The van der Waals surface area contributed by atoms with Gasteiger partial charge in [0.05, 0.1) is 84.1 Å². The maximum absolute atomic E-state index is 14.0. The molecule has 58 heavy (non-hydrogen) atoms. The van der Waals surface area contributed by atoms with Crippen molar-refractivity contribution >= 4 is 39.6 Å². The molecule has 0 aliphatic carbocycles. The van der Waals surface area contributed by atoms with Crippen molar-refractivity contribution in [1.29, 1.82) is 0 Å². The molecule has 0 saturated heterocycles. The van der Waals surface area contributed by atoms with Gasteiger partial charge in [-0.25, -0.2) is 4.98 Å². The lowest BCUT2D eigenvalue weighted by molar-refractivity contribution is -0.133. The van der Waals surface area contributed by atoms with Gasteiger partial charge in [0.25, 0.3) is 0 Å². The minimum absolute atomic E-state index is 0.0170. The third-order valence-corrected chi connectivity index (χ3v) is 11.4. The summed E-state index contributed by atoms with van der Waals surface area (Å²) in [6.45, 7) is 18.2. The van der Waals surface area contributed by atoms with Crippen LogP contribution in [0.3, 0.4) is 0 Å². The number of aliphatic hydroxyl groups is 1. The van der Waals surface area contributed by atoms with Crippen molar-refractivity contribution in [3.05, 3.63) is 68.8 Å². The number of nitrogens with zero attached hydrogens (tertiary/aromatic N) is 3. The first-order valence-corrected chi connectivity index (χ1v) is 20.7. The second-order valence-electron chi connectivity index (χ2n) is 15.1. The number of allylic oxidation sites excluding steroid dienone is 1. The van der Waals surface area contributed by atoms with E-state index in [-0.39, 0.29) is 24.3 Å². The molecule has 318 valence electrons. The molecular formula is C45H65N5O8. The highest BCUT2D eigenvalue weighted by Crippen LogP contribution is 2.42. The second kappa shape index (κ2) is 22.4. The molecule has 5 heterocycles. The van der Waals surface area contributed by atoms with Crippen LogP contribution in [-0.4, -0.2) is 129 Å². The van der Waals surface area contributed by atoms with Gasteiger partial charge >= 0.3 is 0 Å². The fraction of sp³-hybridized carbons (Fsp3) is 0.578. The minimum atomic E-state index is -0.0889. The number of H-pyrrole nitrogens is 2. The number of aliphatic hydroxyl groups excluding tert-OH is 1. The van der Waals surface area contributed by atoms with Gasteiger partial charge < -0.3 is 48.4 Å². The van der Waals surface area contributed by atoms with Gasteiger partial charge in [0, 0.05) is 84.6 Å². The Morgan fingerprint density at radius 2 is 1.28 bits per heavy atom. The van der Waals surface area contributed by atoms with Crippen LogP contribution in [0.15, 0.2) is 18.2 Å². The molecule has 0 unspecified atom stereocenters. The molecule has 2 aliphatic rings. The number of fused-ring (bicyclic) bond motifs is 8. The molecule has 2 aliphatic heterocycles. The van der Waals surface area contributed by atoms with Crippen LogP contribution in [-0.2, 0) is 46.2 Å². The van der Waals surface area contributed by atoms with E-state index in [0.717, 1.165) is 73.5 Å². The van der Waals surface area contributed by atoms with Gasteiger partial charge in [-0.15, -0.1) is 0 Å². The Bertz CT molecular complexity index is 2000. The highest BCUT2D eigenvalue weighted by Gasteiger charge is 2.32. The van der Waals surface area contributed by atoms with E-state index in [1.807, 2.05) is 11.8 Å². The first-order chi connectivity index (χ1) is 28.1. The summed E-state index contributed by atoms with van der Waals surface area (Å²) in [4.78, 5) is 33.6. The van der Waals surface area contributed by atoms with Crippen molar-refractivity contribution in [3.63, 3.8) is 0 Å². The number of rotatable bonds is 23. The largest absolute Gasteiger partial charge is 0.392 e. The average molecular weight is 804 g/mol. The normalized spacial score (nSPS) is 15.3. The van der Waals surface area contributed by atoms with Crippen LogP contribution in [0.25, 0.3) is 33.7 Å². The Labute approximate surface area is 343 Å². The smallest absolute Gasteiger partial charge is 0.222 e. The third-order valence-electron chi connectivity index (χ3n) is 11.4. The molecule has 0 aromatic carbocycles. The van der Waals surface area contributed by atoms with E-state index in [1.54, 1.807) is 14.2 Å². The molecule has 1 amide bonds. The topological polar surface area (TPSA) is 153 Å². The predicted molar refractivity (Wildman–Crippen MR) is 228 cm³/mol. The van der Waals surface area contributed by atoms with Crippen LogP contribution in [0.2, 0.25) is 0 Å². The van der Waals surface area contributed by atoms with Crippen molar-refractivity contribution in [2.75, 3.05) is 93.4 Å². The van der Waals surface area contributed by atoms with E-state index < -0.39 is 0 Å². The number of ether oxygens (including phenoxy) is 6. The quantitative estimate of drug-likeness (QED) is 0.0883. The number of carbonyl (C=O) groups excluding carboxylic acids is 1. The molecule has 0 saturated carbocycles. The maximum Gasteiger partial charge on any atom is 0.222 e. The van der Waals surface area contributed by atoms with Crippen LogP contribution in [0.4, 0.5) is 0 Å². The molecule has 3 aromatic heterocycles. The highest BCUT2D eigenvalue weighted by atomic mass is 16.5. The second-order valence-corrected chi connectivity index (χ2v) is 15.1. The van der Waals surface area contributed by atoms with Gasteiger partial charge in [-0.3, -0.25) is 9.78 Å². The minimum Gasteiger partial charge on any atom is -0.392 e. The van der Waals surface area contributed by atoms with Crippen LogP contribution in [0.5, 0.6) is 0 Å². The zero-order valence-corrected chi connectivity index (χ0v) is 35.9. The van der Waals surface area contributed by atoms with Gasteiger partial charge in [0.1, 0.15) is 0 Å². The standard InChI is InChI=1S/C45H65N5O8/c1-9-34-30(3)40-27-43-36(28-51)32(5)39(48-43)26-41-31(4)35(45(49-41)33(6)38-24-29(2)37(46-38)25-42(34)47-40)10-11-44(52)50(12-14-55-20-22-57-18-16-53-7)13-15-56-21-23-58-19-17-54-8/h24-27,31,35,47-48,51H,9-23,28H2,1-8H3/t31-,35-/m0/s1. The Kier molecular flexibility index (Phi) is 17.5. The van der Waals surface area contributed by atoms with E-state index in [2.05, 4.69) is 68.9 Å². The van der Waals surface area contributed by atoms with Crippen LogP contribution in [0, 0.1) is 20.8 Å². The molecule has 3 N–H and O–H groups in total. The zero-order chi connectivity index (χ0) is 41.6. The average Bonchev–Trinajstić information content (AvgIpc) is 3.92. The number of aromatic nitrogens is 4. The number of aryl methyl sites for hydroxylation is 3. The first-order valence-electron chi connectivity index (χ1n) is 20.7. The molecular weight excluding hydrogens is 739 g/mol. The van der Waals surface area contributed by atoms with Crippen LogP contribution >= 0.6 is 0 Å². The predicted octanol–water partition coefficient (Wildman–Crippen LogP) is 6.71. The van der Waals surface area contributed by atoms with Crippen molar-refractivity contribution in [2.45, 2.75) is 79.2 Å². The Morgan fingerprint density at radius 3 is 1.86 bits per heavy atom. The monoisotopic (exact) mass is 803 g/mol. The summed E-state index contributed by atoms with van der Waals surface area (Å²) in [5.74, 6) is 0.0512. The summed E-state index contributed by atoms with van der Waals surface area (Å²) in [7, 11) is 3.28. The number of aromatic amines is 2. The van der Waals surface area contributed by atoms with Crippen molar-refractivity contribution in [2.24, 2.45) is 0 Å². The van der Waals surface area contributed by atoms with E-state index in [0.29, 0.717) is 92.0 Å². The molecule has 8 bridgehead atoms. The molecule has 2 atom stereocenters. The summed E-state index contributed by atoms with van der Waals surface area (Å²) in [5, 5.41) is 10.5. The first kappa shape index (κ1) is 45.1. The van der Waals surface area contributed by atoms with Gasteiger partial charge in [0.2, 0.25) is 5.91 Å². The summed E-state index contributed by atoms with van der Waals surface area (Å²) in [6.07, 6.45) is 3.96. The lowest BCUT2D eigenvalue weighted by atomic mass is 9.85. The highest BCUT2D eigenvalue weighted by molar-refractivity contribution is 5.85. The third kappa shape index (κ3) is 11.4. The number of methoxy groups -OCH3 is 2. The van der Waals surface area contributed by atoms with E-state index in [9.17, 15) is 9.90 Å². The lowest BCUT2D eigenvalue weighted by Crippen LogP contribution is -2.37. The Hall–Kier alpha value is -3.95. The van der Waals surface area contributed by atoms with Gasteiger partial charge in [0.15, 0.2) is 0 Å². The Morgan fingerprint density at radius 1 is 0.724 bits per heavy atom. The van der Waals surface area contributed by atoms with Gasteiger partial charge in [-0.05, 0) is 92.6 Å². The number of hydrogen-bond acceptors (Lipinski definition) is 10. The molecule has 0 fully saturated rings. The number of carbonyl (C=O) groups is 1. The summed E-state index contributed by atoms with van der Waals surface area (Å²) < 4.78 is 32.8. The van der Waals surface area contributed by atoms with Crippen molar-refractivity contribution in [1.82, 2.24) is 24.8 Å². The van der Waals surface area contributed by atoms with Gasteiger partial charge in [-0.2, -0.15) is 0 Å². The lowest BCUT2D eigenvalue weighted by Gasteiger charge is -2.24. The van der Waals surface area contributed by atoms with E-state index >= 15 is 0 Å². The number of nitrogens with one attached hydrogen (secondary N) is 2. The van der Waals surface area contributed by atoms with Crippen molar-refractivity contribution in [3.8, 4) is 0 Å². The fourth-order valence-electron chi connectivity index (χ4n) is 7.74. The molecule has 0 radical (unpaired) electrons. The van der Waals surface area contributed by atoms with Crippen LogP contribution < -0.4 is 0 Å². The SMILES string of the molecule is CCc1c(C)c2cc3[nH]c(cc4nc(c(C)c5nc(cc1[nH]2)C(C)=C5)[C@@H](CCC(=O)N(CCOCCOCCOC)CCOCCOCCOC)[C@@H]4C)c(C)c3CO. The fourth-order valence-corrected chi connectivity index (χ4v) is 7.74. The Balaban J connectivity index is 1.43. The molecule has 13 nitrogen and oxygen atoms in total. The van der Waals surface area contributed by atoms with Crippen LogP contribution in [0.1, 0.15) is 96.0 Å². The summed E-state index contributed by atoms with van der Waals surface area (Å²) in [6, 6.07) is 6.36. The molecule has 3 aromatic rings. The summed E-state index contributed by atoms with van der Waals surface area (Å²) >= 11 is 0. The molecule has 5 rings (SSSR count). The van der Waals surface area contributed by atoms with E-state index in [1.165, 1.54) is 11.1 Å². The molecule has 0 spiro atoms. The summed E-state index contributed by atoms with van der Waals surface area (Å²) in [5.41, 5.74) is 13.9. The van der Waals surface area contributed by atoms with E-state index in [4.69, 9.17) is 38.4 Å². The zero-order valence-electron chi connectivity index (χ0n) is 35.9. The van der Waals surface area contributed by atoms with Gasteiger partial charge in [-0.1, -0.05) is 13.8 Å².